The van der Waals surface area contributed by atoms with Gasteiger partial charge in [-0.3, -0.25) is 5.43 Å². The summed E-state index contributed by atoms with van der Waals surface area (Å²) in [5, 5.41) is 3.95. The Hall–Kier alpha value is -2.35. The predicted molar refractivity (Wildman–Crippen MR) is 83.5 cm³/mol. The van der Waals surface area contributed by atoms with Gasteiger partial charge in [-0.05, 0) is 31.6 Å². The summed E-state index contributed by atoms with van der Waals surface area (Å²) in [6, 6.07) is 16.5. The molecule has 19 heavy (non-hydrogen) atoms. The van der Waals surface area contributed by atoms with Crippen LogP contribution in [0.5, 0.6) is 0 Å². The normalized spacial score (nSPS) is 11.7. The lowest BCUT2D eigenvalue weighted by atomic mass is 10.2. The molecule has 1 N–H and O–H groups in total. The minimum absolute atomic E-state index is 1.05. The molecule has 2 aromatic rings. The van der Waals surface area contributed by atoms with Crippen molar-refractivity contribution in [3.8, 4) is 0 Å². The first-order chi connectivity index (χ1) is 9.25. The van der Waals surface area contributed by atoms with Crippen molar-refractivity contribution < 1.29 is 0 Å². The SMILES string of the molecule is C1=Cc2ccccc2NN=C1.Cc1ccc(C)cc1. The number of fused-ring (bicyclic) bond motifs is 1. The minimum atomic E-state index is 1.05. The third-order valence-electron chi connectivity index (χ3n) is 2.80. The summed E-state index contributed by atoms with van der Waals surface area (Å²) in [7, 11) is 0. The van der Waals surface area contributed by atoms with Gasteiger partial charge in [-0.25, -0.2) is 0 Å². The number of hydrogen-bond donors (Lipinski definition) is 1. The van der Waals surface area contributed by atoms with E-state index in [0.717, 1.165) is 5.69 Å². The van der Waals surface area contributed by atoms with E-state index in [-0.39, 0.29) is 0 Å². The predicted octanol–water partition coefficient (Wildman–Crippen LogP) is 4.41. The van der Waals surface area contributed by atoms with Crippen LogP contribution >= 0.6 is 0 Å². The number of nitrogens with zero attached hydrogens (tertiary/aromatic N) is 1. The Morgan fingerprint density at radius 1 is 0.842 bits per heavy atom. The molecule has 0 unspecified atom stereocenters. The molecule has 0 radical (unpaired) electrons. The van der Waals surface area contributed by atoms with Crippen LogP contribution in [-0.2, 0) is 0 Å². The molecule has 0 atom stereocenters. The van der Waals surface area contributed by atoms with Crippen molar-refractivity contribution in [1.29, 1.82) is 0 Å². The number of aryl methyl sites for hydroxylation is 2. The molecule has 1 aliphatic rings. The molecule has 0 saturated carbocycles. The Morgan fingerprint density at radius 2 is 1.47 bits per heavy atom. The molecule has 1 aliphatic heterocycles. The summed E-state index contributed by atoms with van der Waals surface area (Å²) in [4.78, 5) is 0. The van der Waals surface area contributed by atoms with Gasteiger partial charge in [-0.15, -0.1) is 0 Å². The molecular formula is C17H18N2. The third kappa shape index (κ3) is 4.11. The van der Waals surface area contributed by atoms with Crippen molar-refractivity contribution in [2.75, 3.05) is 5.43 Å². The number of rotatable bonds is 0. The van der Waals surface area contributed by atoms with Gasteiger partial charge in [-0.1, -0.05) is 59.7 Å². The lowest BCUT2D eigenvalue weighted by Gasteiger charge is -2.00. The van der Waals surface area contributed by atoms with Crippen LogP contribution in [0.15, 0.2) is 59.7 Å². The maximum atomic E-state index is 3.95. The summed E-state index contributed by atoms with van der Waals surface area (Å²) in [6.45, 7) is 4.19. The molecule has 0 spiro atoms. The average molecular weight is 250 g/mol. The van der Waals surface area contributed by atoms with Crippen molar-refractivity contribution >= 4 is 18.0 Å². The second kappa shape index (κ2) is 6.55. The Kier molecular flexibility index (Phi) is 4.51. The molecule has 0 fully saturated rings. The third-order valence-corrected chi connectivity index (χ3v) is 2.80. The molecular weight excluding hydrogens is 232 g/mol. The molecule has 2 nitrogen and oxygen atoms in total. The zero-order valence-corrected chi connectivity index (χ0v) is 11.3. The molecule has 0 bridgehead atoms. The molecule has 2 aromatic carbocycles. The van der Waals surface area contributed by atoms with E-state index in [1.54, 1.807) is 6.21 Å². The van der Waals surface area contributed by atoms with Crippen LogP contribution in [-0.4, -0.2) is 6.21 Å². The largest absolute Gasteiger partial charge is 0.278 e. The smallest absolute Gasteiger partial charge is 0.0634 e. The highest BCUT2D eigenvalue weighted by Crippen LogP contribution is 2.17. The first kappa shape index (κ1) is 13.1. The maximum Gasteiger partial charge on any atom is 0.0634 e. The van der Waals surface area contributed by atoms with E-state index in [9.17, 15) is 0 Å². The lowest BCUT2D eigenvalue weighted by Crippen LogP contribution is -1.87. The van der Waals surface area contributed by atoms with Crippen LogP contribution in [0.2, 0.25) is 0 Å². The van der Waals surface area contributed by atoms with Gasteiger partial charge in [0.2, 0.25) is 0 Å². The standard InChI is InChI=1S/C9H8N2.C8H10/c1-2-6-9-8(4-1)5-3-7-10-11-9;1-7-3-5-8(2)6-4-7/h1-7,11H;3-6H,1-2H3. The molecule has 2 heteroatoms. The summed E-state index contributed by atoms with van der Waals surface area (Å²) >= 11 is 0. The molecule has 96 valence electrons. The molecule has 0 saturated heterocycles. The number of hydrazone groups is 1. The van der Waals surface area contributed by atoms with Gasteiger partial charge in [0.1, 0.15) is 0 Å². The number of hydrogen-bond acceptors (Lipinski definition) is 2. The zero-order chi connectivity index (χ0) is 13.5. The van der Waals surface area contributed by atoms with E-state index < -0.39 is 0 Å². The van der Waals surface area contributed by atoms with Crippen LogP contribution in [0.3, 0.4) is 0 Å². The Bertz CT molecular complexity index is 559. The second-order valence-electron chi connectivity index (χ2n) is 4.49. The highest BCUT2D eigenvalue weighted by molar-refractivity contribution is 5.83. The Balaban J connectivity index is 0.000000148. The van der Waals surface area contributed by atoms with E-state index in [0.29, 0.717) is 0 Å². The van der Waals surface area contributed by atoms with E-state index in [1.807, 2.05) is 36.4 Å². The fourth-order valence-corrected chi connectivity index (χ4v) is 1.68. The van der Waals surface area contributed by atoms with Crippen LogP contribution in [0, 0.1) is 13.8 Å². The van der Waals surface area contributed by atoms with Crippen LogP contribution < -0.4 is 5.43 Å². The first-order valence-electron chi connectivity index (χ1n) is 6.34. The summed E-state index contributed by atoms with van der Waals surface area (Å²) < 4.78 is 0. The van der Waals surface area contributed by atoms with Crippen molar-refractivity contribution in [2.24, 2.45) is 5.10 Å². The van der Waals surface area contributed by atoms with Crippen molar-refractivity contribution in [2.45, 2.75) is 13.8 Å². The summed E-state index contributed by atoms with van der Waals surface area (Å²) in [5.41, 5.74) is 7.82. The first-order valence-corrected chi connectivity index (χ1v) is 6.34. The number of allylic oxidation sites excluding steroid dienone is 1. The Labute approximate surface area is 114 Å². The van der Waals surface area contributed by atoms with Gasteiger partial charge in [0.05, 0.1) is 5.69 Å². The number of para-hydroxylation sites is 1. The van der Waals surface area contributed by atoms with E-state index in [2.05, 4.69) is 48.6 Å². The van der Waals surface area contributed by atoms with Gasteiger partial charge in [-0.2, -0.15) is 5.10 Å². The molecule has 0 amide bonds. The number of benzene rings is 2. The summed E-state index contributed by atoms with van der Waals surface area (Å²) in [6.07, 6.45) is 5.68. The monoisotopic (exact) mass is 250 g/mol. The number of anilines is 1. The highest BCUT2D eigenvalue weighted by atomic mass is 15.3. The van der Waals surface area contributed by atoms with E-state index in [1.165, 1.54) is 16.7 Å². The highest BCUT2D eigenvalue weighted by Gasteiger charge is 1.96. The van der Waals surface area contributed by atoms with Gasteiger partial charge in [0.25, 0.3) is 0 Å². The molecule has 3 rings (SSSR count). The Morgan fingerprint density at radius 3 is 2.16 bits per heavy atom. The quantitative estimate of drug-likeness (QED) is 0.735. The van der Waals surface area contributed by atoms with Crippen LogP contribution in [0.4, 0.5) is 5.69 Å². The van der Waals surface area contributed by atoms with Crippen molar-refractivity contribution in [1.82, 2.24) is 0 Å². The fraction of sp³-hybridized carbons (Fsp3) is 0.118. The van der Waals surface area contributed by atoms with Crippen molar-refractivity contribution in [3.05, 3.63) is 71.3 Å². The minimum Gasteiger partial charge on any atom is -0.278 e. The van der Waals surface area contributed by atoms with E-state index >= 15 is 0 Å². The van der Waals surface area contributed by atoms with Gasteiger partial charge >= 0.3 is 0 Å². The zero-order valence-electron chi connectivity index (χ0n) is 11.3. The number of nitrogens with one attached hydrogen (secondary N) is 1. The van der Waals surface area contributed by atoms with Gasteiger partial charge < -0.3 is 0 Å². The second-order valence-corrected chi connectivity index (χ2v) is 4.49. The average Bonchev–Trinajstić information content (AvgIpc) is 2.68. The molecule has 1 heterocycles. The van der Waals surface area contributed by atoms with Crippen molar-refractivity contribution in [3.63, 3.8) is 0 Å². The fourth-order valence-electron chi connectivity index (χ4n) is 1.68. The maximum absolute atomic E-state index is 3.95. The topological polar surface area (TPSA) is 24.4 Å². The summed E-state index contributed by atoms with van der Waals surface area (Å²) in [5.74, 6) is 0. The molecule has 0 aliphatic carbocycles. The lowest BCUT2D eigenvalue weighted by molar-refractivity contribution is 1.36. The van der Waals surface area contributed by atoms with Crippen LogP contribution in [0.25, 0.3) is 6.08 Å². The van der Waals surface area contributed by atoms with Gasteiger partial charge in [0, 0.05) is 6.21 Å². The van der Waals surface area contributed by atoms with Gasteiger partial charge in [0.15, 0.2) is 0 Å². The molecule has 0 aromatic heterocycles. The van der Waals surface area contributed by atoms with Crippen LogP contribution in [0.1, 0.15) is 16.7 Å². The van der Waals surface area contributed by atoms with E-state index in [4.69, 9.17) is 0 Å².